The first-order valence-electron chi connectivity index (χ1n) is 8.74. The highest BCUT2D eigenvalue weighted by atomic mass is 31.0. The fourth-order valence-corrected chi connectivity index (χ4v) is 3.83. The lowest BCUT2D eigenvalue weighted by Crippen LogP contribution is -2.51. The fourth-order valence-electron chi connectivity index (χ4n) is 3.83. The summed E-state index contributed by atoms with van der Waals surface area (Å²) in [5.41, 5.74) is -0.787. The van der Waals surface area contributed by atoms with E-state index in [0.29, 0.717) is 6.42 Å². The minimum absolute atomic E-state index is 0. The molecule has 2 amide bonds. The number of carbonyl (C=O) groups excluding carboxylic acids is 2. The maximum atomic E-state index is 12.8. The molecule has 0 spiro atoms. The Labute approximate surface area is 159 Å². The molecule has 2 aliphatic rings. The Kier molecular flexibility index (Phi) is 6.73. The SMILES string of the molecule is CCCOC(=O)C1C2CCC(C2)N1C(=O)Nc1cccc(C(F)(F)F)c1.P. The van der Waals surface area contributed by atoms with Gasteiger partial charge in [0, 0.05) is 11.7 Å². The number of hydrogen-bond donors (Lipinski definition) is 1. The second kappa shape index (κ2) is 8.46. The highest BCUT2D eigenvalue weighted by molar-refractivity contribution is 6.92. The topological polar surface area (TPSA) is 58.6 Å². The molecule has 3 rings (SSSR count). The van der Waals surface area contributed by atoms with Crippen LogP contribution in [0.1, 0.15) is 38.2 Å². The Hall–Kier alpha value is -1.82. The molecule has 2 fully saturated rings. The molecule has 1 N–H and O–H groups in total. The van der Waals surface area contributed by atoms with Gasteiger partial charge in [-0.3, -0.25) is 0 Å². The summed E-state index contributed by atoms with van der Waals surface area (Å²) in [6.07, 6.45) is -1.44. The number of likely N-dealkylation sites (tertiary alicyclic amines) is 1. The van der Waals surface area contributed by atoms with E-state index in [-0.39, 0.29) is 34.2 Å². The Morgan fingerprint density at radius 2 is 2.04 bits per heavy atom. The van der Waals surface area contributed by atoms with Gasteiger partial charge in [-0.1, -0.05) is 13.0 Å². The van der Waals surface area contributed by atoms with E-state index in [1.807, 2.05) is 6.92 Å². The molecular weight excluding hydrogens is 380 g/mol. The predicted octanol–water partition coefficient (Wildman–Crippen LogP) is 4.10. The summed E-state index contributed by atoms with van der Waals surface area (Å²) in [6.45, 7) is 2.17. The highest BCUT2D eigenvalue weighted by Gasteiger charge is 2.52. The van der Waals surface area contributed by atoms with Crippen LogP contribution in [0, 0.1) is 5.92 Å². The zero-order valence-electron chi connectivity index (χ0n) is 15.1. The zero-order valence-corrected chi connectivity index (χ0v) is 16.5. The molecule has 1 heterocycles. The number of esters is 1. The van der Waals surface area contributed by atoms with Gasteiger partial charge in [-0.25, -0.2) is 9.59 Å². The molecule has 1 aliphatic carbocycles. The first-order chi connectivity index (χ1) is 12.3. The van der Waals surface area contributed by atoms with Gasteiger partial charge in [-0.15, -0.1) is 0 Å². The molecule has 150 valence electrons. The molecular formula is C18H24F3N2O3P. The van der Waals surface area contributed by atoms with E-state index in [0.717, 1.165) is 31.4 Å². The van der Waals surface area contributed by atoms with Crippen LogP contribution in [0.15, 0.2) is 24.3 Å². The number of ether oxygens (including phenoxy) is 1. The summed E-state index contributed by atoms with van der Waals surface area (Å²) in [4.78, 5) is 26.5. The van der Waals surface area contributed by atoms with Gasteiger partial charge >= 0.3 is 18.2 Å². The minimum Gasteiger partial charge on any atom is -0.464 e. The normalized spacial score (nSPS) is 23.7. The van der Waals surface area contributed by atoms with Crippen molar-refractivity contribution in [3.8, 4) is 0 Å². The van der Waals surface area contributed by atoms with Crippen molar-refractivity contribution in [3.63, 3.8) is 0 Å². The fraction of sp³-hybridized carbons (Fsp3) is 0.556. The number of alkyl halides is 3. The van der Waals surface area contributed by atoms with E-state index < -0.39 is 29.8 Å². The van der Waals surface area contributed by atoms with Gasteiger partial charge in [0.05, 0.1) is 12.2 Å². The van der Waals surface area contributed by atoms with Crippen LogP contribution in [0.5, 0.6) is 0 Å². The molecule has 1 aromatic rings. The van der Waals surface area contributed by atoms with Crippen LogP contribution in [-0.4, -0.2) is 35.6 Å². The van der Waals surface area contributed by atoms with Crippen LogP contribution < -0.4 is 5.32 Å². The van der Waals surface area contributed by atoms with Crippen molar-refractivity contribution < 1.29 is 27.5 Å². The second-order valence-corrected chi connectivity index (χ2v) is 6.76. The van der Waals surface area contributed by atoms with Crippen molar-refractivity contribution >= 4 is 27.6 Å². The summed E-state index contributed by atoms with van der Waals surface area (Å²) < 4.78 is 43.7. The van der Waals surface area contributed by atoms with E-state index in [4.69, 9.17) is 4.74 Å². The lowest BCUT2D eigenvalue weighted by molar-refractivity contribution is -0.150. The molecule has 4 atom stereocenters. The second-order valence-electron chi connectivity index (χ2n) is 6.76. The van der Waals surface area contributed by atoms with Crippen LogP contribution in [0.4, 0.5) is 23.7 Å². The van der Waals surface area contributed by atoms with E-state index >= 15 is 0 Å². The lowest BCUT2D eigenvalue weighted by atomic mass is 9.99. The number of rotatable bonds is 4. The third-order valence-corrected chi connectivity index (χ3v) is 4.95. The Morgan fingerprint density at radius 1 is 1.30 bits per heavy atom. The van der Waals surface area contributed by atoms with Crippen molar-refractivity contribution in [1.82, 2.24) is 4.90 Å². The molecule has 1 saturated carbocycles. The van der Waals surface area contributed by atoms with Gasteiger partial charge in [0.2, 0.25) is 0 Å². The number of amides is 2. The molecule has 1 saturated heterocycles. The maximum absolute atomic E-state index is 12.8. The number of carbonyl (C=O) groups is 2. The Balaban J connectivity index is 0.00000261. The molecule has 1 aromatic carbocycles. The van der Waals surface area contributed by atoms with E-state index in [9.17, 15) is 22.8 Å². The summed E-state index contributed by atoms with van der Waals surface area (Å²) >= 11 is 0. The average Bonchev–Trinajstić information content (AvgIpc) is 3.20. The van der Waals surface area contributed by atoms with Gasteiger partial charge in [0.25, 0.3) is 0 Å². The molecule has 27 heavy (non-hydrogen) atoms. The van der Waals surface area contributed by atoms with Crippen molar-refractivity contribution in [2.24, 2.45) is 5.92 Å². The van der Waals surface area contributed by atoms with Crippen LogP contribution in [0.3, 0.4) is 0 Å². The summed E-state index contributed by atoms with van der Waals surface area (Å²) in [6, 6.07) is 3.16. The highest BCUT2D eigenvalue weighted by Crippen LogP contribution is 2.43. The van der Waals surface area contributed by atoms with Gasteiger partial charge in [0.1, 0.15) is 6.04 Å². The number of nitrogens with one attached hydrogen (secondary N) is 1. The lowest BCUT2D eigenvalue weighted by Gasteiger charge is -2.33. The third-order valence-electron chi connectivity index (χ3n) is 4.95. The number of halogens is 3. The average molecular weight is 404 g/mol. The van der Waals surface area contributed by atoms with Gasteiger partial charge in [-0.05, 0) is 49.8 Å². The smallest absolute Gasteiger partial charge is 0.416 e. The van der Waals surface area contributed by atoms with Crippen LogP contribution in [-0.2, 0) is 15.7 Å². The first-order valence-corrected chi connectivity index (χ1v) is 8.74. The molecule has 0 radical (unpaired) electrons. The zero-order chi connectivity index (χ0) is 18.9. The Morgan fingerprint density at radius 3 is 2.70 bits per heavy atom. The predicted molar refractivity (Wildman–Crippen MR) is 99.6 cm³/mol. The van der Waals surface area contributed by atoms with Crippen molar-refractivity contribution in [1.29, 1.82) is 0 Å². The van der Waals surface area contributed by atoms with Gasteiger partial charge in [-0.2, -0.15) is 23.1 Å². The third kappa shape index (κ3) is 4.54. The minimum atomic E-state index is -4.49. The van der Waals surface area contributed by atoms with Gasteiger partial charge in [0.15, 0.2) is 0 Å². The molecule has 5 nitrogen and oxygen atoms in total. The number of piperidine rings is 1. The van der Waals surface area contributed by atoms with E-state index in [1.54, 1.807) is 0 Å². The number of fused-ring (bicyclic) bond motifs is 2. The summed E-state index contributed by atoms with van der Waals surface area (Å²) in [5.74, 6) is -0.380. The van der Waals surface area contributed by atoms with Crippen molar-refractivity contribution in [2.45, 2.75) is 50.9 Å². The number of hydrogen-bond acceptors (Lipinski definition) is 3. The largest absolute Gasteiger partial charge is 0.464 e. The number of anilines is 1. The Bertz CT molecular complexity index is 699. The molecule has 4 unspecified atom stereocenters. The molecule has 9 heteroatoms. The monoisotopic (exact) mass is 404 g/mol. The summed E-state index contributed by atoms with van der Waals surface area (Å²) in [7, 11) is 0. The molecule has 0 aromatic heterocycles. The van der Waals surface area contributed by atoms with Crippen LogP contribution >= 0.6 is 9.90 Å². The number of urea groups is 1. The number of benzene rings is 1. The standard InChI is InChI=1S/C18H21F3N2O3.H3P/c1-2-8-26-16(24)15-11-6-7-14(9-11)23(15)17(25)22-13-5-3-4-12(10-13)18(19,20)21;/h3-5,10-11,14-15H,2,6-9H2,1H3,(H,22,25);1H3. The quantitative estimate of drug-likeness (QED) is 0.607. The molecule has 2 bridgehead atoms. The van der Waals surface area contributed by atoms with Crippen LogP contribution in [0.25, 0.3) is 0 Å². The van der Waals surface area contributed by atoms with Gasteiger partial charge < -0.3 is 15.0 Å². The first kappa shape index (κ1) is 21.5. The number of nitrogens with zero attached hydrogens (tertiary/aromatic N) is 1. The van der Waals surface area contributed by atoms with Crippen LogP contribution in [0.2, 0.25) is 0 Å². The van der Waals surface area contributed by atoms with E-state index in [1.165, 1.54) is 17.0 Å². The molecule has 1 aliphatic heterocycles. The summed E-state index contributed by atoms with van der Waals surface area (Å²) in [5, 5.41) is 2.50. The van der Waals surface area contributed by atoms with Crippen molar-refractivity contribution in [2.75, 3.05) is 11.9 Å². The van der Waals surface area contributed by atoms with Crippen molar-refractivity contribution in [3.05, 3.63) is 29.8 Å². The van der Waals surface area contributed by atoms with E-state index in [2.05, 4.69) is 5.32 Å². The maximum Gasteiger partial charge on any atom is 0.416 e.